The molecule has 0 bridgehead atoms. The van der Waals surface area contributed by atoms with E-state index in [-0.39, 0.29) is 5.28 Å². The van der Waals surface area contributed by atoms with Gasteiger partial charge in [-0.2, -0.15) is 4.98 Å². The lowest BCUT2D eigenvalue weighted by Gasteiger charge is -2.30. The van der Waals surface area contributed by atoms with Crippen molar-refractivity contribution in [1.29, 1.82) is 0 Å². The fraction of sp³-hybridized carbons (Fsp3) is 0.400. The zero-order valence-electron chi connectivity index (χ0n) is 16.3. The summed E-state index contributed by atoms with van der Waals surface area (Å²) in [7, 11) is 0. The Morgan fingerprint density at radius 1 is 1.10 bits per heavy atom. The van der Waals surface area contributed by atoms with Gasteiger partial charge in [-0.1, -0.05) is 48.4 Å². The molecule has 0 atom stereocenters. The van der Waals surface area contributed by atoms with E-state index >= 15 is 0 Å². The Balaban J connectivity index is 1.76. The number of fused-ring (bicyclic) bond motifs is 1. The highest BCUT2D eigenvalue weighted by molar-refractivity contribution is 7.91. The second-order valence-electron chi connectivity index (χ2n) is 6.95. The number of rotatable bonds is 6. The number of halogens is 1. The van der Waals surface area contributed by atoms with Crippen molar-refractivity contribution in [2.24, 2.45) is 0 Å². The highest BCUT2D eigenvalue weighted by Crippen LogP contribution is 2.30. The van der Waals surface area contributed by atoms with Crippen LogP contribution in [0, 0.1) is 0 Å². The van der Waals surface area contributed by atoms with E-state index in [2.05, 4.69) is 48.8 Å². The van der Waals surface area contributed by atoms with Crippen molar-refractivity contribution in [3.05, 3.63) is 47.5 Å². The molecular formula is C20H23ClN6OS. The Morgan fingerprint density at radius 3 is 2.59 bits per heavy atom. The second-order valence-corrected chi connectivity index (χ2v) is 8.99. The lowest BCUT2D eigenvalue weighted by Crippen LogP contribution is -2.41. The van der Waals surface area contributed by atoms with E-state index in [0.29, 0.717) is 41.4 Å². The molecule has 1 aromatic carbocycles. The predicted molar refractivity (Wildman–Crippen MR) is 118 cm³/mol. The molecule has 0 saturated carbocycles. The van der Waals surface area contributed by atoms with Crippen LogP contribution in [0.5, 0.6) is 0 Å². The molecule has 3 heterocycles. The summed E-state index contributed by atoms with van der Waals surface area (Å²) in [6.07, 6.45) is 2.54. The molecule has 9 heteroatoms. The van der Waals surface area contributed by atoms with Crippen molar-refractivity contribution < 1.29 is 4.55 Å². The first-order valence-electron chi connectivity index (χ1n) is 9.72. The largest absolute Gasteiger partial charge is 0.616 e. The predicted octanol–water partition coefficient (Wildman–Crippen LogP) is 3.06. The molecule has 1 aliphatic rings. The van der Waals surface area contributed by atoms with Gasteiger partial charge in [-0.05, 0) is 23.6 Å². The van der Waals surface area contributed by atoms with Crippen LogP contribution < -0.4 is 9.80 Å². The van der Waals surface area contributed by atoms with Gasteiger partial charge in [-0.25, -0.2) is 15.0 Å². The lowest BCUT2D eigenvalue weighted by molar-refractivity contribution is 0.585. The van der Waals surface area contributed by atoms with Gasteiger partial charge in [0.1, 0.15) is 28.9 Å². The van der Waals surface area contributed by atoms with Gasteiger partial charge in [0.2, 0.25) is 5.28 Å². The van der Waals surface area contributed by atoms with Crippen LogP contribution in [-0.2, 0) is 17.7 Å². The zero-order valence-corrected chi connectivity index (χ0v) is 17.9. The summed E-state index contributed by atoms with van der Waals surface area (Å²) in [4.78, 5) is 22.3. The van der Waals surface area contributed by atoms with Gasteiger partial charge in [-0.3, -0.25) is 0 Å². The van der Waals surface area contributed by atoms with Crippen LogP contribution in [0.2, 0.25) is 5.28 Å². The van der Waals surface area contributed by atoms with Gasteiger partial charge in [0.15, 0.2) is 11.6 Å². The van der Waals surface area contributed by atoms with Crippen LogP contribution in [0.3, 0.4) is 0 Å². The van der Waals surface area contributed by atoms with Crippen molar-refractivity contribution in [2.45, 2.75) is 19.9 Å². The molecule has 0 amide bonds. The Labute approximate surface area is 178 Å². The first-order valence-corrected chi connectivity index (χ1v) is 11.6. The third-order valence-corrected chi connectivity index (χ3v) is 6.35. The highest BCUT2D eigenvalue weighted by Gasteiger charge is 2.25. The van der Waals surface area contributed by atoms with Crippen molar-refractivity contribution >= 4 is 45.4 Å². The molecular weight excluding hydrogens is 408 g/mol. The Morgan fingerprint density at radius 2 is 1.86 bits per heavy atom. The number of benzene rings is 1. The topological polar surface area (TPSA) is 81.1 Å². The maximum atomic E-state index is 11.8. The summed E-state index contributed by atoms with van der Waals surface area (Å²) in [6.45, 7) is 5.03. The molecule has 29 heavy (non-hydrogen) atoms. The summed E-state index contributed by atoms with van der Waals surface area (Å²) in [5, 5.41) is 0.173. The molecule has 1 saturated heterocycles. The van der Waals surface area contributed by atoms with E-state index in [9.17, 15) is 4.55 Å². The van der Waals surface area contributed by atoms with Crippen LogP contribution >= 0.6 is 11.6 Å². The molecule has 0 aliphatic carbocycles. The van der Waals surface area contributed by atoms with Gasteiger partial charge < -0.3 is 14.4 Å². The molecule has 0 spiro atoms. The molecule has 3 aromatic rings. The first-order chi connectivity index (χ1) is 14.2. The molecule has 0 unspecified atom stereocenters. The maximum absolute atomic E-state index is 11.8. The van der Waals surface area contributed by atoms with Crippen LogP contribution in [0.15, 0.2) is 36.7 Å². The van der Waals surface area contributed by atoms with Gasteiger partial charge >= 0.3 is 0 Å². The first kappa shape index (κ1) is 20.1. The number of hydrogen-bond donors (Lipinski definition) is 0. The van der Waals surface area contributed by atoms with E-state index in [1.807, 2.05) is 18.2 Å². The standard InChI is InChI=1S/C20H23ClN6OS/c1-2-8-27(13-15-6-4-3-5-7-15)18-17-16(22-14-23-18)19(25-20(21)24-17)26-9-11-29(28)12-10-26/h3-7,14H,2,8-13H2,1H3. The Bertz CT molecular complexity index is 968. The van der Waals surface area contributed by atoms with Crippen LogP contribution in [0.1, 0.15) is 18.9 Å². The summed E-state index contributed by atoms with van der Waals surface area (Å²) < 4.78 is 11.8. The molecule has 0 radical (unpaired) electrons. The fourth-order valence-electron chi connectivity index (χ4n) is 3.53. The van der Waals surface area contributed by atoms with Crippen molar-refractivity contribution in [2.75, 3.05) is 40.9 Å². The van der Waals surface area contributed by atoms with Crippen molar-refractivity contribution in [3.8, 4) is 0 Å². The molecule has 1 aliphatic heterocycles. The quantitative estimate of drug-likeness (QED) is 0.439. The number of hydrogen-bond acceptors (Lipinski definition) is 7. The third kappa shape index (κ3) is 4.55. The average Bonchev–Trinajstić information content (AvgIpc) is 2.74. The highest BCUT2D eigenvalue weighted by atomic mass is 35.5. The van der Waals surface area contributed by atoms with Gasteiger partial charge in [0.25, 0.3) is 0 Å². The molecule has 4 rings (SSSR count). The molecule has 7 nitrogen and oxygen atoms in total. The van der Waals surface area contributed by atoms with Crippen LogP contribution in [0.25, 0.3) is 11.0 Å². The van der Waals surface area contributed by atoms with Gasteiger partial charge in [-0.15, -0.1) is 0 Å². The van der Waals surface area contributed by atoms with E-state index in [1.54, 1.807) is 6.33 Å². The van der Waals surface area contributed by atoms with Gasteiger partial charge in [0.05, 0.1) is 13.1 Å². The molecule has 152 valence electrons. The van der Waals surface area contributed by atoms with Crippen molar-refractivity contribution in [1.82, 2.24) is 19.9 Å². The molecule has 1 fully saturated rings. The Kier molecular flexibility index (Phi) is 6.32. The number of nitrogens with zero attached hydrogens (tertiary/aromatic N) is 6. The lowest BCUT2D eigenvalue weighted by atomic mass is 10.2. The van der Waals surface area contributed by atoms with Crippen LogP contribution in [-0.4, -0.2) is 55.6 Å². The van der Waals surface area contributed by atoms with Crippen LogP contribution in [0.4, 0.5) is 11.6 Å². The van der Waals surface area contributed by atoms with E-state index in [4.69, 9.17) is 11.6 Å². The third-order valence-electron chi connectivity index (χ3n) is 4.90. The average molecular weight is 431 g/mol. The SMILES string of the molecule is CCCN(Cc1ccccc1)c1ncnc2c(N3CC[S+]([O-])CC3)nc(Cl)nc12. The monoisotopic (exact) mass is 430 g/mol. The smallest absolute Gasteiger partial charge is 0.225 e. The van der Waals surface area contributed by atoms with Crippen molar-refractivity contribution in [3.63, 3.8) is 0 Å². The molecule has 0 N–H and O–H groups in total. The normalized spacial score (nSPS) is 15.1. The minimum atomic E-state index is -0.770. The summed E-state index contributed by atoms with van der Waals surface area (Å²) in [6, 6.07) is 10.3. The minimum absolute atomic E-state index is 0.173. The van der Waals surface area contributed by atoms with E-state index < -0.39 is 11.2 Å². The second kappa shape index (κ2) is 9.11. The fourth-order valence-corrected chi connectivity index (χ4v) is 4.75. The number of anilines is 2. The van der Waals surface area contributed by atoms with Gasteiger partial charge in [0, 0.05) is 13.1 Å². The zero-order chi connectivity index (χ0) is 20.2. The Hall–Kier alpha value is -2.16. The maximum Gasteiger partial charge on any atom is 0.225 e. The summed E-state index contributed by atoms with van der Waals surface area (Å²) >= 11 is 5.53. The summed E-state index contributed by atoms with van der Waals surface area (Å²) in [5.74, 6) is 2.69. The number of aromatic nitrogens is 4. The molecule has 2 aromatic heterocycles. The van der Waals surface area contributed by atoms with E-state index in [1.165, 1.54) is 5.56 Å². The van der Waals surface area contributed by atoms with E-state index in [0.717, 1.165) is 25.3 Å². The summed E-state index contributed by atoms with van der Waals surface area (Å²) in [5.41, 5.74) is 2.53. The minimum Gasteiger partial charge on any atom is -0.616 e.